The Kier molecular flexibility index (Phi) is 4.53. The lowest BCUT2D eigenvalue weighted by atomic mass is 9.93. The fourth-order valence-electron chi connectivity index (χ4n) is 1.48. The molecule has 1 aromatic carbocycles. The van der Waals surface area contributed by atoms with Gasteiger partial charge >= 0.3 is 5.97 Å². The van der Waals surface area contributed by atoms with Crippen molar-refractivity contribution in [1.29, 1.82) is 0 Å². The number of ether oxygens (including phenoxy) is 2. The average molecular weight is 255 g/mol. The van der Waals surface area contributed by atoms with E-state index in [1.807, 2.05) is 0 Å². The van der Waals surface area contributed by atoms with Crippen molar-refractivity contribution in [3.8, 4) is 5.75 Å². The molecule has 0 spiro atoms. The lowest BCUT2D eigenvalue weighted by Crippen LogP contribution is -2.33. The van der Waals surface area contributed by atoms with E-state index in [9.17, 15) is 9.18 Å². The Hall–Kier alpha value is -1.78. The van der Waals surface area contributed by atoms with Crippen LogP contribution in [0.1, 0.15) is 13.8 Å². The topological polar surface area (TPSA) is 47.6 Å². The first kappa shape index (κ1) is 14.3. The summed E-state index contributed by atoms with van der Waals surface area (Å²) in [5, 5.41) is 2.99. The molecular formula is C13H18FNO3. The molecule has 0 aliphatic heterocycles. The summed E-state index contributed by atoms with van der Waals surface area (Å²) in [5.74, 6) is -0.170. The second-order valence-corrected chi connectivity index (χ2v) is 4.57. The fraction of sp³-hybridized carbons (Fsp3) is 0.462. The first-order valence-electron chi connectivity index (χ1n) is 5.56. The van der Waals surface area contributed by atoms with Crippen LogP contribution in [0.5, 0.6) is 5.75 Å². The van der Waals surface area contributed by atoms with Gasteiger partial charge in [0.25, 0.3) is 0 Å². The maximum atomic E-state index is 13.1. The molecule has 4 nitrogen and oxygen atoms in total. The molecule has 1 rings (SSSR count). The van der Waals surface area contributed by atoms with Crippen molar-refractivity contribution >= 4 is 11.7 Å². The van der Waals surface area contributed by atoms with Gasteiger partial charge < -0.3 is 14.8 Å². The molecule has 0 heterocycles. The molecule has 5 heteroatoms. The van der Waals surface area contributed by atoms with Gasteiger partial charge in [-0.1, -0.05) is 0 Å². The first-order chi connectivity index (χ1) is 8.40. The van der Waals surface area contributed by atoms with E-state index in [0.29, 0.717) is 18.0 Å². The number of carbonyl (C=O) groups excluding carboxylic acids is 1. The zero-order valence-corrected chi connectivity index (χ0v) is 11.0. The van der Waals surface area contributed by atoms with E-state index in [-0.39, 0.29) is 11.8 Å². The second kappa shape index (κ2) is 5.71. The average Bonchev–Trinajstić information content (AvgIpc) is 2.35. The molecule has 1 aromatic rings. The third kappa shape index (κ3) is 3.35. The summed E-state index contributed by atoms with van der Waals surface area (Å²) in [5.41, 5.74) is -0.194. The third-order valence-electron chi connectivity index (χ3n) is 2.62. The van der Waals surface area contributed by atoms with Gasteiger partial charge in [0.05, 0.1) is 25.3 Å². The van der Waals surface area contributed by atoms with Gasteiger partial charge in [-0.05, 0) is 26.0 Å². The summed E-state index contributed by atoms with van der Waals surface area (Å²) < 4.78 is 22.9. The molecule has 0 radical (unpaired) electrons. The molecule has 0 saturated carbocycles. The molecular weight excluding hydrogens is 237 g/mol. The predicted molar refractivity (Wildman–Crippen MR) is 67.2 cm³/mol. The summed E-state index contributed by atoms with van der Waals surface area (Å²) in [4.78, 5) is 11.5. The molecule has 0 aromatic heterocycles. The Morgan fingerprint density at radius 2 is 2.06 bits per heavy atom. The number of anilines is 1. The molecule has 1 N–H and O–H groups in total. The van der Waals surface area contributed by atoms with Crippen molar-refractivity contribution in [1.82, 2.24) is 0 Å². The number of benzene rings is 1. The van der Waals surface area contributed by atoms with Crippen LogP contribution in [-0.4, -0.2) is 26.7 Å². The number of carbonyl (C=O) groups is 1. The van der Waals surface area contributed by atoms with Gasteiger partial charge in [0, 0.05) is 12.6 Å². The molecule has 0 atom stereocenters. The highest BCUT2D eigenvalue weighted by Gasteiger charge is 2.28. The van der Waals surface area contributed by atoms with Crippen LogP contribution in [0.4, 0.5) is 10.1 Å². The lowest BCUT2D eigenvalue weighted by molar-refractivity contribution is -0.149. The van der Waals surface area contributed by atoms with Crippen molar-refractivity contribution in [3.05, 3.63) is 24.0 Å². The maximum Gasteiger partial charge on any atom is 0.313 e. The normalized spacial score (nSPS) is 10.9. The highest BCUT2D eigenvalue weighted by atomic mass is 19.1. The Labute approximate surface area is 106 Å². The zero-order valence-electron chi connectivity index (χ0n) is 11.0. The second-order valence-electron chi connectivity index (χ2n) is 4.57. The van der Waals surface area contributed by atoms with Gasteiger partial charge in [0.15, 0.2) is 0 Å². The molecule has 0 fully saturated rings. The summed E-state index contributed by atoms with van der Waals surface area (Å²) in [6, 6.07) is 4.17. The Balaban J connectivity index is 2.80. The van der Waals surface area contributed by atoms with Gasteiger partial charge in [-0.15, -0.1) is 0 Å². The molecule has 18 heavy (non-hydrogen) atoms. The summed E-state index contributed by atoms with van der Waals surface area (Å²) >= 11 is 0. The van der Waals surface area contributed by atoms with Gasteiger partial charge in [-0.25, -0.2) is 4.39 Å². The predicted octanol–water partition coefficient (Wildman–Crippen LogP) is 2.45. The van der Waals surface area contributed by atoms with Crippen LogP contribution in [-0.2, 0) is 9.53 Å². The molecule has 0 bridgehead atoms. The maximum absolute atomic E-state index is 13.1. The number of rotatable bonds is 5. The lowest BCUT2D eigenvalue weighted by Gasteiger charge is -2.23. The number of nitrogens with one attached hydrogen (secondary N) is 1. The Morgan fingerprint density at radius 1 is 1.39 bits per heavy atom. The van der Waals surface area contributed by atoms with Crippen LogP contribution >= 0.6 is 0 Å². The Morgan fingerprint density at radius 3 is 2.61 bits per heavy atom. The van der Waals surface area contributed by atoms with Crippen molar-refractivity contribution in [3.63, 3.8) is 0 Å². The summed E-state index contributed by atoms with van der Waals surface area (Å²) in [6.45, 7) is 3.81. The molecule has 100 valence electrons. The zero-order chi connectivity index (χ0) is 13.8. The smallest absolute Gasteiger partial charge is 0.313 e. The van der Waals surface area contributed by atoms with Crippen LogP contribution < -0.4 is 10.1 Å². The van der Waals surface area contributed by atoms with E-state index < -0.39 is 5.41 Å². The van der Waals surface area contributed by atoms with Gasteiger partial charge in [0.2, 0.25) is 0 Å². The highest BCUT2D eigenvalue weighted by Crippen LogP contribution is 2.27. The summed E-state index contributed by atoms with van der Waals surface area (Å²) in [6.07, 6.45) is 0. The molecule has 0 aliphatic rings. The van der Waals surface area contributed by atoms with E-state index in [4.69, 9.17) is 9.47 Å². The van der Waals surface area contributed by atoms with Crippen molar-refractivity contribution in [2.75, 3.05) is 26.1 Å². The van der Waals surface area contributed by atoms with E-state index >= 15 is 0 Å². The minimum atomic E-state index is -0.702. The Bertz CT molecular complexity index is 432. The monoisotopic (exact) mass is 255 g/mol. The number of methoxy groups -OCH3 is 2. The minimum Gasteiger partial charge on any atom is -0.495 e. The number of hydrogen-bond donors (Lipinski definition) is 1. The standard InChI is InChI=1S/C13H18FNO3/c1-13(2,12(16)18-4)8-15-10-7-9(14)5-6-11(10)17-3/h5-7,15H,8H2,1-4H3. The van der Waals surface area contributed by atoms with E-state index in [1.165, 1.54) is 32.4 Å². The van der Waals surface area contributed by atoms with Crippen molar-refractivity contribution in [2.24, 2.45) is 5.41 Å². The first-order valence-corrected chi connectivity index (χ1v) is 5.56. The van der Waals surface area contributed by atoms with Gasteiger partial charge in [-0.2, -0.15) is 0 Å². The largest absolute Gasteiger partial charge is 0.495 e. The van der Waals surface area contributed by atoms with Gasteiger partial charge in [-0.3, -0.25) is 4.79 Å². The van der Waals surface area contributed by atoms with E-state index in [1.54, 1.807) is 13.8 Å². The van der Waals surface area contributed by atoms with Crippen LogP contribution in [0, 0.1) is 11.2 Å². The molecule has 0 saturated heterocycles. The van der Waals surface area contributed by atoms with E-state index in [0.717, 1.165) is 0 Å². The van der Waals surface area contributed by atoms with Crippen LogP contribution in [0.15, 0.2) is 18.2 Å². The molecule has 0 amide bonds. The SMILES string of the molecule is COC(=O)C(C)(C)CNc1cc(F)ccc1OC. The summed E-state index contributed by atoms with van der Waals surface area (Å²) in [7, 11) is 2.84. The van der Waals surface area contributed by atoms with Crippen LogP contribution in [0.25, 0.3) is 0 Å². The third-order valence-corrected chi connectivity index (χ3v) is 2.62. The molecule has 0 unspecified atom stereocenters. The van der Waals surface area contributed by atoms with Crippen LogP contribution in [0.3, 0.4) is 0 Å². The van der Waals surface area contributed by atoms with Gasteiger partial charge in [0.1, 0.15) is 11.6 Å². The van der Waals surface area contributed by atoms with Crippen molar-refractivity contribution < 1.29 is 18.7 Å². The highest BCUT2D eigenvalue weighted by molar-refractivity contribution is 5.76. The molecule has 0 aliphatic carbocycles. The number of hydrogen-bond acceptors (Lipinski definition) is 4. The van der Waals surface area contributed by atoms with Crippen molar-refractivity contribution in [2.45, 2.75) is 13.8 Å². The van der Waals surface area contributed by atoms with E-state index in [2.05, 4.69) is 5.32 Å². The van der Waals surface area contributed by atoms with Crippen LogP contribution in [0.2, 0.25) is 0 Å². The fourth-order valence-corrected chi connectivity index (χ4v) is 1.48. The number of halogens is 1. The minimum absolute atomic E-state index is 0.319. The quantitative estimate of drug-likeness (QED) is 0.821. The number of esters is 1.